The Labute approximate surface area is 140 Å². The van der Waals surface area contributed by atoms with Crippen LogP contribution >= 0.6 is 11.3 Å². The third-order valence-electron chi connectivity index (χ3n) is 3.68. The minimum atomic E-state index is -3.54. The average molecular weight is 346 g/mol. The largest absolute Gasteiger partial charge is 0.353 e. The lowest BCUT2D eigenvalue weighted by Crippen LogP contribution is -2.30. The SMILES string of the molecule is Cn1cccc1CN(Cc1cccs1)S(=O)(=O)c1ccccc1. The summed E-state index contributed by atoms with van der Waals surface area (Å²) in [5, 5.41) is 1.96. The number of sulfonamides is 1. The molecule has 0 aliphatic carbocycles. The number of nitrogens with zero attached hydrogens (tertiary/aromatic N) is 2. The highest BCUT2D eigenvalue weighted by Gasteiger charge is 2.25. The molecule has 0 aliphatic rings. The van der Waals surface area contributed by atoms with Crippen LogP contribution in [0.15, 0.2) is 71.1 Å². The maximum Gasteiger partial charge on any atom is 0.243 e. The number of thiophene rings is 1. The van der Waals surface area contributed by atoms with Crippen molar-refractivity contribution in [3.8, 4) is 0 Å². The highest BCUT2D eigenvalue weighted by Crippen LogP contribution is 2.22. The van der Waals surface area contributed by atoms with Crippen molar-refractivity contribution >= 4 is 21.4 Å². The third-order valence-corrected chi connectivity index (χ3v) is 6.35. The van der Waals surface area contributed by atoms with Gasteiger partial charge in [-0.25, -0.2) is 8.42 Å². The second-order valence-corrected chi connectivity index (χ2v) is 8.25. The van der Waals surface area contributed by atoms with Gasteiger partial charge in [0, 0.05) is 30.4 Å². The van der Waals surface area contributed by atoms with E-state index in [-0.39, 0.29) is 0 Å². The Hall–Kier alpha value is -1.89. The van der Waals surface area contributed by atoms with E-state index in [1.807, 2.05) is 53.5 Å². The maximum atomic E-state index is 13.0. The molecule has 3 aromatic rings. The minimum absolute atomic E-state index is 0.325. The molecule has 6 heteroatoms. The number of rotatable bonds is 6. The molecule has 0 bridgehead atoms. The first-order valence-electron chi connectivity index (χ1n) is 7.25. The number of aromatic nitrogens is 1. The number of hydrogen-bond acceptors (Lipinski definition) is 3. The summed E-state index contributed by atoms with van der Waals surface area (Å²) in [5.41, 5.74) is 0.959. The van der Waals surface area contributed by atoms with E-state index in [1.54, 1.807) is 35.6 Å². The van der Waals surface area contributed by atoms with Crippen molar-refractivity contribution in [2.24, 2.45) is 7.05 Å². The van der Waals surface area contributed by atoms with Gasteiger partial charge >= 0.3 is 0 Å². The zero-order valence-electron chi connectivity index (χ0n) is 12.8. The molecule has 0 saturated carbocycles. The van der Waals surface area contributed by atoms with Crippen LogP contribution in [-0.2, 0) is 30.2 Å². The van der Waals surface area contributed by atoms with Gasteiger partial charge in [-0.2, -0.15) is 4.31 Å². The van der Waals surface area contributed by atoms with E-state index >= 15 is 0 Å². The van der Waals surface area contributed by atoms with Gasteiger partial charge in [0.25, 0.3) is 0 Å². The van der Waals surface area contributed by atoms with Crippen molar-refractivity contribution in [1.29, 1.82) is 0 Å². The molecule has 0 radical (unpaired) electrons. The van der Waals surface area contributed by atoms with Crippen molar-refractivity contribution in [3.63, 3.8) is 0 Å². The van der Waals surface area contributed by atoms with Crippen molar-refractivity contribution < 1.29 is 8.42 Å². The van der Waals surface area contributed by atoms with E-state index in [4.69, 9.17) is 0 Å². The van der Waals surface area contributed by atoms with E-state index in [9.17, 15) is 8.42 Å². The predicted molar refractivity (Wildman–Crippen MR) is 92.6 cm³/mol. The van der Waals surface area contributed by atoms with E-state index in [0.717, 1.165) is 10.6 Å². The molecule has 0 amide bonds. The molecule has 2 heterocycles. The molecule has 23 heavy (non-hydrogen) atoms. The number of hydrogen-bond donors (Lipinski definition) is 0. The second kappa shape index (κ2) is 6.70. The molecule has 0 unspecified atom stereocenters. The monoisotopic (exact) mass is 346 g/mol. The Morgan fingerprint density at radius 3 is 2.39 bits per heavy atom. The highest BCUT2D eigenvalue weighted by molar-refractivity contribution is 7.89. The molecular formula is C17H18N2O2S2. The van der Waals surface area contributed by atoms with E-state index in [0.29, 0.717) is 18.0 Å². The molecule has 2 aromatic heterocycles. The summed E-state index contributed by atoms with van der Waals surface area (Å²) in [6, 6.07) is 16.4. The predicted octanol–water partition coefficient (Wildman–Crippen LogP) is 3.48. The summed E-state index contributed by atoms with van der Waals surface area (Å²) in [5.74, 6) is 0. The molecule has 3 rings (SSSR count). The minimum Gasteiger partial charge on any atom is -0.353 e. The first-order valence-corrected chi connectivity index (χ1v) is 9.57. The summed E-state index contributed by atoms with van der Waals surface area (Å²) in [4.78, 5) is 1.35. The molecule has 0 fully saturated rings. The maximum absolute atomic E-state index is 13.0. The molecule has 0 N–H and O–H groups in total. The summed E-state index contributed by atoms with van der Waals surface area (Å²) < 4.78 is 29.5. The summed E-state index contributed by atoms with van der Waals surface area (Å²) in [7, 11) is -1.62. The average Bonchev–Trinajstić information content (AvgIpc) is 3.20. The Bertz CT molecular complexity index is 853. The van der Waals surface area contributed by atoms with Crippen LogP contribution in [0.1, 0.15) is 10.6 Å². The van der Waals surface area contributed by atoms with Crippen molar-refractivity contribution in [2.45, 2.75) is 18.0 Å². The Kier molecular flexibility index (Phi) is 4.66. The van der Waals surface area contributed by atoms with Crippen LogP contribution in [0.5, 0.6) is 0 Å². The molecule has 0 atom stereocenters. The molecule has 0 spiro atoms. The van der Waals surface area contributed by atoms with Gasteiger partial charge in [-0.1, -0.05) is 24.3 Å². The van der Waals surface area contributed by atoms with Gasteiger partial charge < -0.3 is 4.57 Å². The lowest BCUT2D eigenvalue weighted by atomic mass is 10.4. The number of benzene rings is 1. The van der Waals surface area contributed by atoms with Gasteiger partial charge in [-0.15, -0.1) is 11.3 Å². The van der Waals surface area contributed by atoms with Gasteiger partial charge in [0.05, 0.1) is 11.4 Å². The first-order chi connectivity index (χ1) is 11.1. The molecule has 0 saturated heterocycles. The molecule has 120 valence electrons. The van der Waals surface area contributed by atoms with Gasteiger partial charge in [-0.05, 0) is 35.7 Å². The van der Waals surface area contributed by atoms with Crippen molar-refractivity contribution in [2.75, 3.05) is 0 Å². The van der Waals surface area contributed by atoms with Crippen LogP contribution in [-0.4, -0.2) is 17.3 Å². The molecule has 4 nitrogen and oxygen atoms in total. The normalized spacial score (nSPS) is 11.9. The highest BCUT2D eigenvalue weighted by atomic mass is 32.2. The van der Waals surface area contributed by atoms with E-state index in [2.05, 4.69) is 0 Å². The fourth-order valence-electron chi connectivity index (χ4n) is 2.39. The first kappa shape index (κ1) is 16.0. The van der Waals surface area contributed by atoms with Crippen LogP contribution in [0.2, 0.25) is 0 Å². The third kappa shape index (κ3) is 3.55. The van der Waals surface area contributed by atoms with Gasteiger partial charge in [0.2, 0.25) is 10.0 Å². The standard InChI is InChI=1S/C17H18N2O2S2/c1-18-11-5-7-15(18)13-19(14-16-8-6-12-22-16)23(20,21)17-9-3-2-4-10-17/h2-12H,13-14H2,1H3. The summed E-state index contributed by atoms with van der Waals surface area (Å²) in [6.45, 7) is 0.721. The van der Waals surface area contributed by atoms with Gasteiger partial charge in [0.1, 0.15) is 0 Å². The zero-order valence-corrected chi connectivity index (χ0v) is 14.4. The molecular weight excluding hydrogens is 328 g/mol. The van der Waals surface area contributed by atoms with Crippen LogP contribution in [0.4, 0.5) is 0 Å². The van der Waals surface area contributed by atoms with Crippen LogP contribution in [0, 0.1) is 0 Å². The van der Waals surface area contributed by atoms with Crippen LogP contribution < -0.4 is 0 Å². The topological polar surface area (TPSA) is 42.3 Å². The quantitative estimate of drug-likeness (QED) is 0.686. The smallest absolute Gasteiger partial charge is 0.243 e. The van der Waals surface area contributed by atoms with Crippen LogP contribution in [0.3, 0.4) is 0 Å². The Morgan fingerprint density at radius 2 is 1.78 bits per heavy atom. The van der Waals surface area contributed by atoms with Crippen molar-refractivity contribution in [3.05, 3.63) is 76.7 Å². The Morgan fingerprint density at radius 1 is 1.00 bits per heavy atom. The van der Waals surface area contributed by atoms with Gasteiger partial charge in [-0.3, -0.25) is 0 Å². The fourth-order valence-corrected chi connectivity index (χ4v) is 4.60. The Balaban J connectivity index is 1.96. The molecule has 0 aliphatic heterocycles. The summed E-state index contributed by atoms with van der Waals surface area (Å²) in [6.07, 6.45) is 1.92. The lowest BCUT2D eigenvalue weighted by molar-refractivity contribution is 0.395. The van der Waals surface area contributed by atoms with Crippen molar-refractivity contribution in [1.82, 2.24) is 8.87 Å². The molecule has 1 aromatic carbocycles. The lowest BCUT2D eigenvalue weighted by Gasteiger charge is -2.22. The second-order valence-electron chi connectivity index (χ2n) is 5.28. The summed E-state index contributed by atoms with van der Waals surface area (Å²) >= 11 is 1.57. The van der Waals surface area contributed by atoms with Crippen LogP contribution in [0.25, 0.3) is 0 Å². The zero-order chi connectivity index (χ0) is 16.3. The van der Waals surface area contributed by atoms with E-state index < -0.39 is 10.0 Å². The fraction of sp³-hybridized carbons (Fsp3) is 0.176. The number of aryl methyl sites for hydroxylation is 1. The van der Waals surface area contributed by atoms with Gasteiger partial charge in [0.15, 0.2) is 0 Å². The van der Waals surface area contributed by atoms with E-state index in [1.165, 1.54) is 4.31 Å².